The summed E-state index contributed by atoms with van der Waals surface area (Å²) < 4.78 is 6.87. The number of ether oxygens (including phenoxy) is 1. The Morgan fingerprint density at radius 3 is 2.76 bits per heavy atom. The molecular weight excluding hydrogens is 430 g/mol. The molecule has 2 heterocycles. The summed E-state index contributed by atoms with van der Waals surface area (Å²) in [6.07, 6.45) is 6.80. The van der Waals surface area contributed by atoms with Crippen molar-refractivity contribution in [3.8, 4) is 11.5 Å². The number of rotatable bonds is 6. The number of hydrogen-bond donors (Lipinski definition) is 1. The van der Waals surface area contributed by atoms with Crippen LogP contribution in [0.1, 0.15) is 37.4 Å². The zero-order valence-corrected chi connectivity index (χ0v) is 18.4. The maximum Gasteiger partial charge on any atom is 0.150 e. The molecule has 2 aromatic carbocycles. The Bertz CT molecular complexity index is 973. The van der Waals surface area contributed by atoms with E-state index in [4.69, 9.17) is 9.73 Å². The molecule has 0 radical (unpaired) electrons. The van der Waals surface area contributed by atoms with Gasteiger partial charge in [-0.1, -0.05) is 28.4 Å². The van der Waals surface area contributed by atoms with Crippen molar-refractivity contribution in [1.82, 2.24) is 9.80 Å². The molecule has 1 saturated heterocycles. The van der Waals surface area contributed by atoms with E-state index < -0.39 is 0 Å². The van der Waals surface area contributed by atoms with Crippen LogP contribution in [0.5, 0.6) is 11.5 Å². The van der Waals surface area contributed by atoms with Crippen molar-refractivity contribution < 1.29 is 9.84 Å². The minimum absolute atomic E-state index is 0.214. The molecule has 2 aromatic rings. The van der Waals surface area contributed by atoms with Crippen LogP contribution in [0.2, 0.25) is 0 Å². The molecule has 4 rings (SSSR count). The first-order valence-corrected chi connectivity index (χ1v) is 11.1. The lowest BCUT2D eigenvalue weighted by molar-refractivity contribution is 0.204. The van der Waals surface area contributed by atoms with E-state index in [1.165, 1.54) is 32.4 Å². The largest absolute Gasteiger partial charge is 0.507 e. The Hall–Kier alpha value is -2.05. The van der Waals surface area contributed by atoms with Gasteiger partial charge in [0.1, 0.15) is 11.5 Å². The highest BCUT2D eigenvalue weighted by Gasteiger charge is 2.20. The van der Waals surface area contributed by atoms with Gasteiger partial charge in [0, 0.05) is 41.1 Å². The highest BCUT2D eigenvalue weighted by molar-refractivity contribution is 9.10. The lowest BCUT2D eigenvalue weighted by Gasteiger charge is -2.27. The number of fused-ring (bicyclic) bond motifs is 1. The van der Waals surface area contributed by atoms with Gasteiger partial charge in [-0.2, -0.15) is 0 Å². The summed E-state index contributed by atoms with van der Waals surface area (Å²) in [5.74, 6) is 0.918. The van der Waals surface area contributed by atoms with Crippen molar-refractivity contribution in [2.75, 3.05) is 33.3 Å². The van der Waals surface area contributed by atoms with Crippen molar-refractivity contribution >= 4 is 22.1 Å². The molecule has 0 saturated carbocycles. The van der Waals surface area contributed by atoms with Gasteiger partial charge in [-0.25, -0.2) is 0 Å². The van der Waals surface area contributed by atoms with E-state index in [-0.39, 0.29) is 11.9 Å². The maximum atomic E-state index is 10.6. The van der Waals surface area contributed by atoms with Crippen molar-refractivity contribution in [1.29, 1.82) is 0 Å². The summed E-state index contributed by atoms with van der Waals surface area (Å²) in [4.78, 5) is 9.37. The van der Waals surface area contributed by atoms with Crippen LogP contribution in [0.25, 0.3) is 6.20 Å². The van der Waals surface area contributed by atoms with Crippen LogP contribution < -0.4 is 15.3 Å². The van der Waals surface area contributed by atoms with Crippen LogP contribution in [0.4, 0.5) is 0 Å². The highest BCUT2D eigenvalue weighted by Crippen LogP contribution is 2.32. The quantitative estimate of drug-likeness (QED) is 0.675. The Balaban J connectivity index is 1.40. The van der Waals surface area contributed by atoms with Crippen molar-refractivity contribution in [3.05, 3.63) is 57.0 Å². The molecule has 5 nitrogen and oxygen atoms in total. The number of likely N-dealkylation sites (tertiary alicyclic amines) is 1. The number of aromatic hydroxyl groups is 1. The summed E-state index contributed by atoms with van der Waals surface area (Å²) in [7, 11) is 1.98. The number of halogens is 1. The van der Waals surface area contributed by atoms with Crippen LogP contribution in [-0.2, 0) is 0 Å². The summed E-state index contributed by atoms with van der Waals surface area (Å²) in [5, 5.41) is 12.6. The number of piperidine rings is 1. The first kappa shape index (κ1) is 20.2. The lowest BCUT2D eigenvalue weighted by atomic mass is 10.1. The van der Waals surface area contributed by atoms with Gasteiger partial charge in [-0.15, -0.1) is 0 Å². The van der Waals surface area contributed by atoms with Gasteiger partial charge in [0.25, 0.3) is 0 Å². The third-order valence-electron chi connectivity index (χ3n) is 5.60. The molecule has 0 bridgehead atoms. The summed E-state index contributed by atoms with van der Waals surface area (Å²) in [6.45, 7) is 4.17. The van der Waals surface area contributed by atoms with Gasteiger partial charge in [0.2, 0.25) is 0 Å². The van der Waals surface area contributed by atoms with Gasteiger partial charge in [0.05, 0.1) is 12.0 Å². The Labute approximate surface area is 180 Å². The molecule has 1 fully saturated rings. The molecule has 1 unspecified atom stereocenters. The fourth-order valence-electron chi connectivity index (χ4n) is 4.03. The molecule has 0 aromatic heterocycles. The molecule has 154 valence electrons. The number of phenolic OH excluding ortho intramolecular Hbond substituents is 1. The monoisotopic (exact) mass is 457 g/mol. The number of benzene rings is 2. The summed E-state index contributed by atoms with van der Waals surface area (Å²) in [5.41, 5.74) is 0.773. The topological polar surface area (TPSA) is 48.3 Å². The molecule has 2 aliphatic heterocycles. The minimum atomic E-state index is -0.259. The van der Waals surface area contributed by atoms with Crippen molar-refractivity contribution in [2.24, 2.45) is 4.99 Å². The Morgan fingerprint density at radius 2 is 1.97 bits per heavy atom. The molecule has 0 amide bonds. The van der Waals surface area contributed by atoms with Gasteiger partial charge in [-0.3, -0.25) is 4.99 Å². The molecule has 0 aliphatic carbocycles. The van der Waals surface area contributed by atoms with Gasteiger partial charge in [0.15, 0.2) is 6.17 Å². The second-order valence-corrected chi connectivity index (χ2v) is 8.74. The van der Waals surface area contributed by atoms with E-state index in [1.807, 2.05) is 42.3 Å². The van der Waals surface area contributed by atoms with Crippen molar-refractivity contribution in [3.63, 3.8) is 0 Å². The SMILES string of the molecule is CN1C=c2ccc(Br)cc2=NC1c1ccc(OCCCN2CCCCC2)cc1O. The number of nitrogens with zero attached hydrogens (tertiary/aromatic N) is 3. The second kappa shape index (κ2) is 9.18. The standard InChI is InChI=1S/C23H28BrN3O2/c1-26-16-17-6-7-18(24)14-21(17)25-23(26)20-9-8-19(15-22(20)28)29-13-5-12-27-10-3-2-4-11-27/h6-9,14-16,23,28H,2-5,10-13H2,1H3. The van der Waals surface area contributed by atoms with Crippen LogP contribution in [0.15, 0.2) is 45.9 Å². The third kappa shape index (κ3) is 4.93. The fraction of sp³-hybridized carbons (Fsp3) is 0.435. The van der Waals surface area contributed by atoms with Crippen LogP contribution in [0, 0.1) is 0 Å². The second-order valence-electron chi connectivity index (χ2n) is 7.83. The molecule has 2 aliphatic rings. The van der Waals surface area contributed by atoms with E-state index in [2.05, 4.69) is 27.0 Å². The highest BCUT2D eigenvalue weighted by atomic mass is 79.9. The minimum Gasteiger partial charge on any atom is -0.507 e. The average Bonchev–Trinajstić information content (AvgIpc) is 2.72. The average molecular weight is 458 g/mol. The third-order valence-corrected chi connectivity index (χ3v) is 6.09. The number of phenols is 1. The fourth-order valence-corrected chi connectivity index (χ4v) is 4.38. The zero-order chi connectivity index (χ0) is 20.2. The Kier molecular flexibility index (Phi) is 6.40. The van der Waals surface area contributed by atoms with E-state index in [0.717, 1.165) is 33.6 Å². The smallest absolute Gasteiger partial charge is 0.150 e. The number of hydrogen-bond acceptors (Lipinski definition) is 5. The normalized spacial score (nSPS) is 19.2. The molecule has 1 N–H and O–H groups in total. The molecule has 29 heavy (non-hydrogen) atoms. The van der Waals surface area contributed by atoms with Crippen LogP contribution in [-0.4, -0.2) is 48.2 Å². The van der Waals surface area contributed by atoms with Gasteiger partial charge < -0.3 is 19.6 Å². The van der Waals surface area contributed by atoms with Crippen LogP contribution >= 0.6 is 15.9 Å². The van der Waals surface area contributed by atoms with Gasteiger partial charge >= 0.3 is 0 Å². The molecule has 0 spiro atoms. The van der Waals surface area contributed by atoms with Gasteiger partial charge in [-0.05, 0) is 56.6 Å². The predicted octanol–water partition coefficient (Wildman–Crippen LogP) is 3.41. The van der Waals surface area contributed by atoms with Crippen LogP contribution in [0.3, 0.4) is 0 Å². The molecule has 1 atom stereocenters. The summed E-state index contributed by atoms with van der Waals surface area (Å²) >= 11 is 3.50. The first-order chi connectivity index (χ1) is 14.1. The lowest BCUT2D eigenvalue weighted by Crippen LogP contribution is -2.36. The van der Waals surface area contributed by atoms with E-state index in [1.54, 1.807) is 6.07 Å². The summed E-state index contributed by atoms with van der Waals surface area (Å²) in [6, 6.07) is 11.6. The Morgan fingerprint density at radius 1 is 1.14 bits per heavy atom. The predicted molar refractivity (Wildman–Crippen MR) is 118 cm³/mol. The van der Waals surface area contributed by atoms with Crippen molar-refractivity contribution in [2.45, 2.75) is 31.8 Å². The van der Waals surface area contributed by atoms with E-state index in [0.29, 0.717) is 12.4 Å². The van der Waals surface area contributed by atoms with E-state index >= 15 is 0 Å². The van der Waals surface area contributed by atoms with E-state index in [9.17, 15) is 5.11 Å². The first-order valence-electron chi connectivity index (χ1n) is 10.4. The maximum absolute atomic E-state index is 10.6. The molecular formula is C23H28BrN3O2. The molecule has 6 heteroatoms. The zero-order valence-electron chi connectivity index (χ0n) is 16.9.